The number of ether oxygens (including phenoxy) is 1. The summed E-state index contributed by atoms with van der Waals surface area (Å²) >= 11 is 5.78. The molecule has 21 heavy (non-hydrogen) atoms. The average molecular weight is 309 g/mol. The summed E-state index contributed by atoms with van der Waals surface area (Å²) in [6.45, 7) is -0.0875. The Morgan fingerprint density at radius 2 is 2.10 bits per heavy atom. The molecule has 0 bridgehead atoms. The minimum atomic E-state index is -0.619. The van der Waals surface area contributed by atoms with E-state index in [9.17, 15) is 9.59 Å². The van der Waals surface area contributed by atoms with Crippen molar-refractivity contribution in [3.63, 3.8) is 0 Å². The van der Waals surface area contributed by atoms with Gasteiger partial charge in [-0.1, -0.05) is 17.7 Å². The summed E-state index contributed by atoms with van der Waals surface area (Å²) in [5.74, 6) is 0.480. The van der Waals surface area contributed by atoms with Crippen LogP contribution in [0, 0.1) is 0 Å². The van der Waals surface area contributed by atoms with E-state index in [1.165, 1.54) is 6.26 Å². The molecule has 110 valence electrons. The van der Waals surface area contributed by atoms with Crippen molar-refractivity contribution in [2.24, 2.45) is 0 Å². The quantitative estimate of drug-likeness (QED) is 0.888. The lowest BCUT2D eigenvalue weighted by molar-refractivity contribution is -0.122. The second-order valence-electron chi connectivity index (χ2n) is 4.06. The summed E-state index contributed by atoms with van der Waals surface area (Å²) < 4.78 is 10.2. The van der Waals surface area contributed by atoms with Crippen LogP contribution in [0.25, 0.3) is 0 Å². The Morgan fingerprint density at radius 1 is 1.24 bits per heavy atom. The smallest absolute Gasteiger partial charge is 0.321 e. The molecule has 2 rings (SSSR count). The first-order chi connectivity index (χ1) is 10.1. The zero-order chi connectivity index (χ0) is 15.1. The van der Waals surface area contributed by atoms with E-state index in [2.05, 4.69) is 10.6 Å². The molecule has 0 saturated carbocycles. The van der Waals surface area contributed by atoms with Gasteiger partial charge in [-0.3, -0.25) is 10.1 Å². The number of carbonyl (C=O) groups excluding carboxylic acids is 2. The molecule has 0 aliphatic heterocycles. The van der Waals surface area contributed by atoms with Gasteiger partial charge in [0.05, 0.1) is 12.8 Å². The first kappa shape index (κ1) is 14.9. The number of amides is 3. The number of urea groups is 1. The van der Waals surface area contributed by atoms with Crippen LogP contribution in [-0.4, -0.2) is 18.5 Å². The van der Waals surface area contributed by atoms with Gasteiger partial charge in [0, 0.05) is 5.02 Å². The van der Waals surface area contributed by atoms with Gasteiger partial charge < -0.3 is 14.5 Å². The molecule has 2 N–H and O–H groups in total. The van der Waals surface area contributed by atoms with E-state index in [-0.39, 0.29) is 13.2 Å². The molecule has 0 spiro atoms. The Kier molecular flexibility index (Phi) is 5.22. The van der Waals surface area contributed by atoms with Crippen LogP contribution in [0.2, 0.25) is 5.02 Å². The van der Waals surface area contributed by atoms with Crippen molar-refractivity contribution in [3.8, 4) is 5.75 Å². The van der Waals surface area contributed by atoms with E-state index in [0.717, 1.165) is 0 Å². The van der Waals surface area contributed by atoms with Gasteiger partial charge in [0.1, 0.15) is 11.5 Å². The molecule has 0 aliphatic rings. The van der Waals surface area contributed by atoms with Crippen molar-refractivity contribution in [2.45, 2.75) is 6.54 Å². The maximum atomic E-state index is 11.5. The van der Waals surface area contributed by atoms with Crippen LogP contribution < -0.4 is 15.4 Å². The molecule has 1 aromatic carbocycles. The Labute approximate surface area is 126 Å². The van der Waals surface area contributed by atoms with E-state index in [4.69, 9.17) is 20.8 Å². The molecule has 1 aromatic heterocycles. The number of rotatable bonds is 5. The number of nitrogens with one attached hydrogen (secondary N) is 2. The zero-order valence-electron chi connectivity index (χ0n) is 11.0. The fourth-order valence-corrected chi connectivity index (χ4v) is 1.67. The summed E-state index contributed by atoms with van der Waals surface area (Å²) in [5.41, 5.74) is 0. The van der Waals surface area contributed by atoms with Crippen LogP contribution in [0.4, 0.5) is 4.79 Å². The lowest BCUT2D eigenvalue weighted by Gasteiger charge is -2.07. The molecule has 0 radical (unpaired) electrons. The van der Waals surface area contributed by atoms with Gasteiger partial charge in [-0.05, 0) is 30.3 Å². The van der Waals surface area contributed by atoms with Crippen molar-refractivity contribution in [2.75, 3.05) is 6.61 Å². The average Bonchev–Trinajstić information content (AvgIpc) is 2.96. The lowest BCUT2D eigenvalue weighted by Crippen LogP contribution is -2.41. The van der Waals surface area contributed by atoms with Gasteiger partial charge in [-0.15, -0.1) is 0 Å². The van der Waals surface area contributed by atoms with E-state index in [0.29, 0.717) is 16.5 Å². The summed E-state index contributed by atoms with van der Waals surface area (Å²) in [6.07, 6.45) is 1.50. The van der Waals surface area contributed by atoms with Crippen LogP contribution in [0.15, 0.2) is 47.1 Å². The van der Waals surface area contributed by atoms with Gasteiger partial charge in [-0.25, -0.2) is 4.79 Å². The molecule has 6 nitrogen and oxygen atoms in total. The molecule has 0 unspecified atom stereocenters. The largest absolute Gasteiger partial charge is 0.484 e. The molecule has 0 atom stereocenters. The van der Waals surface area contributed by atoms with Gasteiger partial charge in [-0.2, -0.15) is 0 Å². The Balaban J connectivity index is 1.70. The lowest BCUT2D eigenvalue weighted by atomic mass is 10.3. The molecule has 2 aromatic rings. The van der Waals surface area contributed by atoms with Crippen LogP contribution >= 0.6 is 11.6 Å². The number of carbonyl (C=O) groups is 2. The maximum absolute atomic E-state index is 11.5. The standard InChI is InChI=1S/C14H13ClN2O4/c15-10-3-1-4-11(7-10)21-9-13(18)17-14(19)16-8-12-5-2-6-20-12/h1-7H,8-9H2,(H2,16,17,18,19). The minimum absolute atomic E-state index is 0.196. The number of hydrogen-bond acceptors (Lipinski definition) is 4. The highest BCUT2D eigenvalue weighted by Gasteiger charge is 2.08. The van der Waals surface area contributed by atoms with E-state index >= 15 is 0 Å². The predicted octanol–water partition coefficient (Wildman–Crippen LogP) is 2.34. The van der Waals surface area contributed by atoms with E-state index < -0.39 is 11.9 Å². The van der Waals surface area contributed by atoms with E-state index in [1.807, 2.05) is 0 Å². The Morgan fingerprint density at radius 3 is 2.81 bits per heavy atom. The molecule has 1 heterocycles. The monoisotopic (exact) mass is 308 g/mol. The highest BCUT2D eigenvalue weighted by atomic mass is 35.5. The third kappa shape index (κ3) is 5.19. The molecule has 0 fully saturated rings. The summed E-state index contributed by atoms with van der Waals surface area (Å²) in [6, 6.07) is 9.43. The van der Waals surface area contributed by atoms with Crippen molar-refractivity contribution in [1.29, 1.82) is 0 Å². The van der Waals surface area contributed by atoms with Crippen molar-refractivity contribution in [3.05, 3.63) is 53.4 Å². The third-order valence-corrected chi connectivity index (χ3v) is 2.66. The molecule has 3 amide bonds. The van der Waals surface area contributed by atoms with E-state index in [1.54, 1.807) is 36.4 Å². The highest BCUT2D eigenvalue weighted by molar-refractivity contribution is 6.30. The van der Waals surface area contributed by atoms with Crippen LogP contribution in [0.3, 0.4) is 0 Å². The SMILES string of the molecule is O=C(COc1cccc(Cl)c1)NC(=O)NCc1ccco1. The van der Waals surface area contributed by atoms with Crippen molar-refractivity contribution < 1.29 is 18.7 Å². The molecular formula is C14H13ClN2O4. The van der Waals surface area contributed by atoms with Gasteiger partial charge in [0.2, 0.25) is 0 Å². The van der Waals surface area contributed by atoms with Gasteiger partial charge in [0.25, 0.3) is 5.91 Å². The Bertz CT molecular complexity index is 613. The van der Waals surface area contributed by atoms with Gasteiger partial charge in [0.15, 0.2) is 6.61 Å². The number of furan rings is 1. The second-order valence-corrected chi connectivity index (χ2v) is 4.49. The van der Waals surface area contributed by atoms with Crippen molar-refractivity contribution in [1.82, 2.24) is 10.6 Å². The fraction of sp³-hybridized carbons (Fsp3) is 0.143. The second kappa shape index (κ2) is 7.35. The summed E-state index contributed by atoms with van der Waals surface area (Å²) in [5, 5.41) is 5.12. The van der Waals surface area contributed by atoms with Crippen LogP contribution in [0.1, 0.15) is 5.76 Å². The maximum Gasteiger partial charge on any atom is 0.321 e. The molecule has 0 saturated heterocycles. The van der Waals surface area contributed by atoms with Crippen molar-refractivity contribution >= 4 is 23.5 Å². The van der Waals surface area contributed by atoms with Gasteiger partial charge >= 0.3 is 6.03 Å². The number of benzene rings is 1. The summed E-state index contributed by atoms with van der Waals surface area (Å²) in [4.78, 5) is 23.0. The minimum Gasteiger partial charge on any atom is -0.484 e. The predicted molar refractivity (Wildman–Crippen MR) is 76.0 cm³/mol. The first-order valence-corrected chi connectivity index (χ1v) is 6.50. The molecule has 0 aliphatic carbocycles. The Hall–Kier alpha value is -2.47. The first-order valence-electron chi connectivity index (χ1n) is 6.12. The summed E-state index contributed by atoms with van der Waals surface area (Å²) in [7, 11) is 0. The molecular weight excluding hydrogens is 296 g/mol. The normalized spacial score (nSPS) is 9.95. The highest BCUT2D eigenvalue weighted by Crippen LogP contribution is 2.16. The topological polar surface area (TPSA) is 80.6 Å². The molecule has 7 heteroatoms. The third-order valence-electron chi connectivity index (χ3n) is 2.42. The zero-order valence-corrected chi connectivity index (χ0v) is 11.7. The fourth-order valence-electron chi connectivity index (χ4n) is 1.49. The van der Waals surface area contributed by atoms with Crippen LogP contribution in [-0.2, 0) is 11.3 Å². The number of halogens is 1. The number of hydrogen-bond donors (Lipinski definition) is 2. The van der Waals surface area contributed by atoms with Crippen LogP contribution in [0.5, 0.6) is 5.75 Å². The number of imide groups is 1.